The van der Waals surface area contributed by atoms with Crippen LogP contribution >= 0.6 is 0 Å². The van der Waals surface area contributed by atoms with Crippen LogP contribution in [0.25, 0.3) is 0 Å². The van der Waals surface area contributed by atoms with Crippen LogP contribution in [0.5, 0.6) is 5.75 Å². The molecule has 0 spiro atoms. The molecule has 0 aliphatic carbocycles. The largest absolute Gasteiger partial charge is 0.412 e. The second-order valence-corrected chi connectivity index (χ2v) is 3.24. The van der Waals surface area contributed by atoms with Gasteiger partial charge in [0.05, 0.1) is 9.85 Å². The lowest BCUT2D eigenvalue weighted by molar-refractivity contribution is -0.395. The summed E-state index contributed by atoms with van der Waals surface area (Å²) in [5, 5.41) is 21.4. The molecule has 0 N–H and O–H groups in total. The second-order valence-electron chi connectivity index (χ2n) is 3.24. The van der Waals surface area contributed by atoms with Crippen LogP contribution in [0.3, 0.4) is 0 Å². The van der Waals surface area contributed by atoms with Crippen molar-refractivity contribution in [3.05, 3.63) is 37.9 Å². The third kappa shape index (κ3) is 2.74. The molecular weight excluding hydrogens is 232 g/mol. The summed E-state index contributed by atoms with van der Waals surface area (Å²) in [6, 6.07) is 2.20. The Morgan fingerprint density at radius 1 is 1.18 bits per heavy atom. The van der Waals surface area contributed by atoms with Gasteiger partial charge in [-0.15, -0.1) is 0 Å². The Bertz CT molecular complexity index is 475. The van der Waals surface area contributed by atoms with Gasteiger partial charge in [-0.25, -0.2) is 0 Å². The number of carbonyl (C=O) groups excluding carboxylic acids is 1. The summed E-state index contributed by atoms with van der Waals surface area (Å²) in [6.07, 6.45) is 0. The van der Waals surface area contributed by atoms with Crippen LogP contribution in [-0.4, -0.2) is 15.8 Å². The summed E-state index contributed by atoms with van der Waals surface area (Å²) in [5.41, 5.74) is -0.877. The summed E-state index contributed by atoms with van der Waals surface area (Å²) >= 11 is 0. The van der Waals surface area contributed by atoms with E-state index in [9.17, 15) is 25.0 Å². The average Bonchev–Trinajstić information content (AvgIpc) is 2.18. The molecule has 90 valence electrons. The number of benzene rings is 1. The number of nitro benzene ring substituents is 2. The zero-order valence-corrected chi connectivity index (χ0v) is 9.00. The molecule has 0 aliphatic rings. The van der Waals surface area contributed by atoms with E-state index < -0.39 is 32.9 Å². The molecule has 0 amide bonds. The molecule has 0 aliphatic heterocycles. The van der Waals surface area contributed by atoms with Crippen LogP contribution < -0.4 is 4.74 Å². The molecule has 0 fully saturated rings. The maximum atomic E-state index is 10.8. The predicted octanol–water partition coefficient (Wildman–Crippen LogP) is 1.74. The molecule has 8 nitrogen and oxygen atoms in total. The molecule has 0 aromatic heterocycles. The number of rotatable bonds is 3. The highest BCUT2D eigenvalue weighted by Crippen LogP contribution is 2.37. The van der Waals surface area contributed by atoms with Crippen LogP contribution in [0.2, 0.25) is 0 Å². The smallest absolute Gasteiger partial charge is 0.319 e. The Morgan fingerprint density at radius 3 is 1.88 bits per heavy atom. The van der Waals surface area contributed by atoms with Gasteiger partial charge in [0.1, 0.15) is 0 Å². The summed E-state index contributed by atoms with van der Waals surface area (Å²) in [6.45, 7) is 2.48. The molecule has 0 atom stereocenters. The van der Waals surface area contributed by atoms with Crippen LogP contribution in [0, 0.1) is 27.2 Å². The van der Waals surface area contributed by atoms with E-state index in [0.717, 1.165) is 19.1 Å². The first-order valence-electron chi connectivity index (χ1n) is 4.44. The fourth-order valence-electron chi connectivity index (χ4n) is 1.25. The van der Waals surface area contributed by atoms with Crippen molar-refractivity contribution in [3.63, 3.8) is 0 Å². The first-order valence-corrected chi connectivity index (χ1v) is 4.44. The second kappa shape index (κ2) is 4.56. The van der Waals surface area contributed by atoms with Gasteiger partial charge in [-0.2, -0.15) is 0 Å². The van der Waals surface area contributed by atoms with Crippen molar-refractivity contribution in [3.8, 4) is 5.75 Å². The van der Waals surface area contributed by atoms with Crippen molar-refractivity contribution in [2.45, 2.75) is 13.8 Å². The van der Waals surface area contributed by atoms with E-state index in [2.05, 4.69) is 4.74 Å². The Balaban J connectivity index is 3.52. The van der Waals surface area contributed by atoms with Gasteiger partial charge < -0.3 is 4.74 Å². The zero-order chi connectivity index (χ0) is 13.2. The normalized spacial score (nSPS) is 9.76. The van der Waals surface area contributed by atoms with Crippen molar-refractivity contribution in [1.29, 1.82) is 0 Å². The van der Waals surface area contributed by atoms with Crippen LogP contribution in [0.4, 0.5) is 11.4 Å². The standard InChI is InChI=1S/C9H8N2O6/c1-5-3-7(10(13)14)9(17-6(2)12)8(4-5)11(15)16/h3-4H,1-2H3. The van der Waals surface area contributed by atoms with Crippen molar-refractivity contribution in [2.75, 3.05) is 0 Å². The van der Waals surface area contributed by atoms with E-state index in [1.165, 1.54) is 6.92 Å². The molecule has 1 rings (SSSR count). The van der Waals surface area contributed by atoms with Crippen molar-refractivity contribution in [1.82, 2.24) is 0 Å². The number of carbonyl (C=O) groups is 1. The minimum absolute atomic E-state index is 0.333. The Labute approximate surface area is 95.1 Å². The van der Waals surface area contributed by atoms with Crippen molar-refractivity contribution in [2.24, 2.45) is 0 Å². The number of hydrogen-bond acceptors (Lipinski definition) is 6. The number of nitrogens with zero attached hydrogens (tertiary/aromatic N) is 2. The number of ether oxygens (including phenoxy) is 1. The topological polar surface area (TPSA) is 113 Å². The number of esters is 1. The van der Waals surface area contributed by atoms with Gasteiger partial charge in [0.15, 0.2) is 0 Å². The molecule has 0 bridgehead atoms. The van der Waals surface area contributed by atoms with Crippen LogP contribution in [0.1, 0.15) is 12.5 Å². The van der Waals surface area contributed by atoms with Crippen LogP contribution in [-0.2, 0) is 4.79 Å². The van der Waals surface area contributed by atoms with E-state index in [1.807, 2.05) is 0 Å². The van der Waals surface area contributed by atoms with Crippen molar-refractivity contribution >= 4 is 17.3 Å². The predicted molar refractivity (Wildman–Crippen MR) is 55.8 cm³/mol. The highest BCUT2D eigenvalue weighted by Gasteiger charge is 2.28. The summed E-state index contributed by atoms with van der Waals surface area (Å²) in [4.78, 5) is 30.6. The van der Waals surface area contributed by atoms with Gasteiger partial charge in [-0.05, 0) is 12.5 Å². The minimum Gasteiger partial charge on any atom is -0.412 e. The van der Waals surface area contributed by atoms with E-state index in [1.54, 1.807) is 0 Å². The maximum absolute atomic E-state index is 10.8. The lowest BCUT2D eigenvalue weighted by atomic mass is 10.2. The molecule has 0 saturated carbocycles. The van der Waals surface area contributed by atoms with Gasteiger partial charge in [-0.3, -0.25) is 25.0 Å². The van der Waals surface area contributed by atoms with E-state index in [4.69, 9.17) is 0 Å². The fourth-order valence-corrected chi connectivity index (χ4v) is 1.25. The molecule has 1 aromatic rings. The molecule has 0 radical (unpaired) electrons. The van der Waals surface area contributed by atoms with Crippen LogP contribution in [0.15, 0.2) is 12.1 Å². The minimum atomic E-state index is -0.861. The molecule has 0 saturated heterocycles. The van der Waals surface area contributed by atoms with Gasteiger partial charge in [0.25, 0.3) is 5.75 Å². The number of aryl methyl sites for hydroxylation is 1. The highest BCUT2D eigenvalue weighted by molar-refractivity contribution is 5.74. The first-order chi connectivity index (χ1) is 7.82. The quantitative estimate of drug-likeness (QED) is 0.344. The lowest BCUT2D eigenvalue weighted by Gasteiger charge is -2.04. The molecular formula is C9H8N2O6. The monoisotopic (exact) mass is 240 g/mol. The van der Waals surface area contributed by atoms with Gasteiger partial charge in [-0.1, -0.05) is 0 Å². The van der Waals surface area contributed by atoms with Gasteiger partial charge >= 0.3 is 17.3 Å². The molecule has 0 heterocycles. The maximum Gasteiger partial charge on any atom is 0.319 e. The lowest BCUT2D eigenvalue weighted by Crippen LogP contribution is -2.07. The van der Waals surface area contributed by atoms with E-state index in [-0.39, 0.29) is 0 Å². The number of hydrogen-bond donors (Lipinski definition) is 0. The first kappa shape index (κ1) is 12.6. The fraction of sp³-hybridized carbons (Fsp3) is 0.222. The summed E-state index contributed by atoms with van der Waals surface area (Å²) < 4.78 is 4.53. The molecule has 1 aromatic carbocycles. The highest BCUT2D eigenvalue weighted by atomic mass is 16.6. The van der Waals surface area contributed by atoms with Gasteiger partial charge in [0.2, 0.25) is 0 Å². The SMILES string of the molecule is CC(=O)Oc1c([N+](=O)[O-])cc(C)cc1[N+](=O)[O-]. The Morgan fingerprint density at radius 2 is 1.59 bits per heavy atom. The summed E-state index contributed by atoms with van der Waals surface area (Å²) in [5.74, 6) is -1.50. The Kier molecular flexibility index (Phi) is 3.37. The molecule has 17 heavy (non-hydrogen) atoms. The Hall–Kier alpha value is -2.51. The van der Waals surface area contributed by atoms with Crippen molar-refractivity contribution < 1.29 is 19.4 Å². The van der Waals surface area contributed by atoms with E-state index in [0.29, 0.717) is 5.56 Å². The summed E-state index contributed by atoms with van der Waals surface area (Å²) in [7, 11) is 0. The molecule has 0 unspecified atom stereocenters. The third-order valence-corrected chi connectivity index (χ3v) is 1.83. The third-order valence-electron chi connectivity index (χ3n) is 1.83. The molecule has 8 heteroatoms. The van der Waals surface area contributed by atoms with E-state index >= 15 is 0 Å². The number of nitro groups is 2. The average molecular weight is 240 g/mol. The van der Waals surface area contributed by atoms with Gasteiger partial charge in [0, 0.05) is 19.1 Å². The zero-order valence-electron chi connectivity index (χ0n) is 9.00.